The second-order valence-electron chi connectivity index (χ2n) is 7.11. The van der Waals surface area contributed by atoms with Crippen LogP contribution in [0, 0.1) is 5.82 Å². The highest BCUT2D eigenvalue weighted by atomic mass is 32.2. The Bertz CT molecular complexity index is 1120. The van der Waals surface area contributed by atoms with Gasteiger partial charge in [0.2, 0.25) is 0 Å². The predicted molar refractivity (Wildman–Crippen MR) is 113 cm³/mol. The summed E-state index contributed by atoms with van der Waals surface area (Å²) < 4.78 is 13.7. The number of hydrogen-bond acceptors (Lipinski definition) is 4. The quantitative estimate of drug-likeness (QED) is 0.643. The van der Waals surface area contributed by atoms with Crippen LogP contribution in [0.15, 0.2) is 60.0 Å². The van der Waals surface area contributed by atoms with Crippen molar-refractivity contribution in [3.8, 4) is 11.3 Å². The van der Waals surface area contributed by atoms with E-state index in [1.165, 1.54) is 6.07 Å². The number of hydrogen-bond donors (Lipinski definition) is 1. The number of aromatic nitrogens is 2. The molecular weight excluding hydrogens is 385 g/mol. The van der Waals surface area contributed by atoms with E-state index in [0.717, 1.165) is 34.6 Å². The van der Waals surface area contributed by atoms with Crippen LogP contribution in [-0.4, -0.2) is 15.9 Å². The first-order chi connectivity index (χ1) is 14.2. The van der Waals surface area contributed by atoms with E-state index in [0.29, 0.717) is 24.2 Å². The molecule has 29 heavy (non-hydrogen) atoms. The van der Waals surface area contributed by atoms with Gasteiger partial charge in [-0.2, -0.15) is 0 Å². The molecule has 2 aromatic carbocycles. The van der Waals surface area contributed by atoms with Gasteiger partial charge in [-0.15, -0.1) is 11.8 Å². The Morgan fingerprint density at radius 2 is 1.97 bits per heavy atom. The van der Waals surface area contributed by atoms with Gasteiger partial charge >= 0.3 is 0 Å². The summed E-state index contributed by atoms with van der Waals surface area (Å²) in [6, 6.07) is 13.9. The van der Waals surface area contributed by atoms with Gasteiger partial charge in [0.05, 0.1) is 22.3 Å². The Kier molecular flexibility index (Phi) is 4.64. The van der Waals surface area contributed by atoms with Gasteiger partial charge in [-0.3, -0.25) is 4.79 Å². The number of halogens is 1. The van der Waals surface area contributed by atoms with Gasteiger partial charge < -0.3 is 5.32 Å². The minimum absolute atomic E-state index is 0.102. The fraction of sp³-hybridized carbons (Fsp3) is 0.174. The van der Waals surface area contributed by atoms with Gasteiger partial charge in [-0.1, -0.05) is 24.3 Å². The van der Waals surface area contributed by atoms with E-state index in [4.69, 9.17) is 9.97 Å². The highest BCUT2D eigenvalue weighted by Crippen LogP contribution is 2.42. The highest BCUT2D eigenvalue weighted by molar-refractivity contribution is 8.02. The van der Waals surface area contributed by atoms with Gasteiger partial charge in [-0.25, -0.2) is 14.4 Å². The molecule has 4 nitrogen and oxygen atoms in total. The van der Waals surface area contributed by atoms with Crippen molar-refractivity contribution >= 4 is 23.5 Å². The average Bonchev–Trinajstić information content (AvgIpc) is 3.28. The molecule has 0 saturated heterocycles. The number of anilines is 1. The maximum Gasteiger partial charge on any atom is 0.256 e. The van der Waals surface area contributed by atoms with Gasteiger partial charge in [-0.05, 0) is 60.6 Å². The van der Waals surface area contributed by atoms with Crippen molar-refractivity contribution < 1.29 is 9.18 Å². The standard InChI is InChI=1S/C23H18FN3OS/c24-16-9-10-17-15(13-16)8-11-18-20(17)26-21(19-7-4-12-29-19)22(25-18)27-23(28)14-5-2-1-3-6-14/h1-6,9-10,12-13,19H,7-8,11H2,(H,25,27,28). The van der Waals surface area contributed by atoms with Crippen LogP contribution in [0.4, 0.5) is 10.2 Å². The Morgan fingerprint density at radius 1 is 1.10 bits per heavy atom. The molecule has 0 fully saturated rings. The first-order valence-corrected chi connectivity index (χ1v) is 10.5. The second-order valence-corrected chi connectivity index (χ2v) is 8.22. The lowest BCUT2D eigenvalue weighted by molar-refractivity contribution is 0.102. The summed E-state index contributed by atoms with van der Waals surface area (Å²) in [5.41, 5.74) is 4.86. The van der Waals surface area contributed by atoms with E-state index in [1.54, 1.807) is 36.0 Å². The summed E-state index contributed by atoms with van der Waals surface area (Å²) in [6.45, 7) is 0. The summed E-state index contributed by atoms with van der Waals surface area (Å²) in [5.74, 6) is 0.0855. The van der Waals surface area contributed by atoms with Crippen LogP contribution in [0.25, 0.3) is 11.3 Å². The van der Waals surface area contributed by atoms with Gasteiger partial charge in [0.1, 0.15) is 5.82 Å². The molecule has 6 heteroatoms. The van der Waals surface area contributed by atoms with E-state index in [-0.39, 0.29) is 17.0 Å². The molecule has 1 N–H and O–H groups in total. The number of allylic oxidation sites excluding steroid dienone is 1. The molecule has 5 rings (SSSR count). The number of benzene rings is 2. The molecular formula is C23H18FN3OS. The zero-order valence-corrected chi connectivity index (χ0v) is 16.4. The molecule has 1 aromatic heterocycles. The van der Waals surface area contributed by atoms with E-state index >= 15 is 0 Å². The van der Waals surface area contributed by atoms with Crippen LogP contribution >= 0.6 is 11.8 Å². The van der Waals surface area contributed by atoms with Crippen LogP contribution < -0.4 is 5.32 Å². The molecule has 2 heterocycles. The smallest absolute Gasteiger partial charge is 0.256 e. The number of nitrogens with one attached hydrogen (secondary N) is 1. The van der Waals surface area contributed by atoms with Crippen LogP contribution in [0.2, 0.25) is 0 Å². The summed E-state index contributed by atoms with van der Waals surface area (Å²) in [7, 11) is 0. The number of aryl methyl sites for hydroxylation is 2. The molecule has 1 atom stereocenters. The van der Waals surface area contributed by atoms with Gasteiger partial charge in [0, 0.05) is 11.1 Å². The topological polar surface area (TPSA) is 54.9 Å². The van der Waals surface area contributed by atoms with Crippen molar-refractivity contribution in [2.24, 2.45) is 0 Å². The number of carbonyl (C=O) groups excluding carboxylic acids is 1. The average molecular weight is 403 g/mol. The summed E-state index contributed by atoms with van der Waals surface area (Å²) in [4.78, 5) is 22.5. The molecule has 0 saturated carbocycles. The molecule has 1 amide bonds. The number of carbonyl (C=O) groups is 1. The van der Waals surface area contributed by atoms with Gasteiger partial charge in [0.25, 0.3) is 5.91 Å². The minimum atomic E-state index is -0.234. The van der Waals surface area contributed by atoms with E-state index in [1.807, 2.05) is 18.2 Å². The Hall–Kier alpha value is -2.99. The lowest BCUT2D eigenvalue weighted by atomic mass is 9.91. The Morgan fingerprint density at radius 3 is 2.76 bits per heavy atom. The molecule has 0 radical (unpaired) electrons. The first-order valence-electron chi connectivity index (χ1n) is 9.55. The Labute approximate surface area is 172 Å². The molecule has 3 aromatic rings. The van der Waals surface area contributed by atoms with Crippen molar-refractivity contribution in [3.05, 3.63) is 88.3 Å². The molecule has 144 valence electrons. The summed E-state index contributed by atoms with van der Waals surface area (Å²) in [6.07, 6.45) is 4.31. The largest absolute Gasteiger partial charge is 0.305 e. The zero-order chi connectivity index (χ0) is 19.8. The number of nitrogens with zero attached hydrogens (tertiary/aromatic N) is 2. The van der Waals surface area contributed by atoms with Crippen LogP contribution in [0.5, 0.6) is 0 Å². The molecule has 1 aliphatic heterocycles. The van der Waals surface area contributed by atoms with Crippen LogP contribution in [0.1, 0.15) is 39.0 Å². The number of thioether (sulfide) groups is 1. The van der Waals surface area contributed by atoms with Crippen molar-refractivity contribution in [1.29, 1.82) is 0 Å². The van der Waals surface area contributed by atoms with Crippen molar-refractivity contribution in [1.82, 2.24) is 9.97 Å². The fourth-order valence-electron chi connectivity index (χ4n) is 3.77. The van der Waals surface area contributed by atoms with Crippen molar-refractivity contribution in [2.45, 2.75) is 24.5 Å². The van der Waals surface area contributed by atoms with E-state index in [2.05, 4.69) is 16.8 Å². The zero-order valence-electron chi connectivity index (χ0n) is 15.6. The molecule has 0 spiro atoms. The lowest BCUT2D eigenvalue weighted by Gasteiger charge is -2.22. The maximum absolute atomic E-state index is 13.7. The third-order valence-electron chi connectivity index (χ3n) is 5.21. The third-order valence-corrected chi connectivity index (χ3v) is 6.30. The lowest BCUT2D eigenvalue weighted by Crippen LogP contribution is -2.19. The van der Waals surface area contributed by atoms with Crippen LogP contribution in [-0.2, 0) is 12.8 Å². The SMILES string of the molecule is O=C(Nc1nc2c(nc1C1CC=CS1)-c1ccc(F)cc1CC2)c1ccccc1. The molecule has 1 aliphatic carbocycles. The van der Waals surface area contributed by atoms with Crippen molar-refractivity contribution in [3.63, 3.8) is 0 Å². The highest BCUT2D eigenvalue weighted by Gasteiger charge is 2.27. The van der Waals surface area contributed by atoms with Gasteiger partial charge in [0.15, 0.2) is 5.82 Å². The number of fused-ring (bicyclic) bond motifs is 3. The minimum Gasteiger partial charge on any atom is -0.305 e. The molecule has 1 unspecified atom stereocenters. The predicted octanol–water partition coefficient (Wildman–Crippen LogP) is 5.33. The maximum atomic E-state index is 13.7. The number of amides is 1. The normalized spacial score (nSPS) is 16.9. The Balaban J connectivity index is 1.58. The second kappa shape index (κ2) is 7.44. The third kappa shape index (κ3) is 3.44. The van der Waals surface area contributed by atoms with E-state index in [9.17, 15) is 9.18 Å². The van der Waals surface area contributed by atoms with E-state index < -0.39 is 0 Å². The summed E-state index contributed by atoms with van der Waals surface area (Å²) >= 11 is 1.67. The fourth-order valence-corrected chi connectivity index (χ4v) is 4.70. The monoisotopic (exact) mass is 403 g/mol. The molecule has 2 aliphatic rings. The molecule has 0 bridgehead atoms. The first kappa shape index (κ1) is 18.1. The number of rotatable bonds is 3. The summed E-state index contributed by atoms with van der Waals surface area (Å²) in [5, 5.41) is 5.13. The van der Waals surface area contributed by atoms with Crippen LogP contribution in [0.3, 0.4) is 0 Å². The van der Waals surface area contributed by atoms with Crippen molar-refractivity contribution in [2.75, 3.05) is 5.32 Å².